The van der Waals surface area contributed by atoms with Gasteiger partial charge in [0, 0.05) is 25.7 Å². The SMILES string of the molecule is Cn1ncnc1CN1CC(C)(N)C1. The molecule has 13 heavy (non-hydrogen) atoms. The number of hydrogen-bond acceptors (Lipinski definition) is 4. The van der Waals surface area contributed by atoms with Crippen molar-refractivity contribution in [3.05, 3.63) is 12.2 Å². The second-order valence-electron chi connectivity index (χ2n) is 4.10. The Morgan fingerprint density at radius 2 is 2.31 bits per heavy atom. The van der Waals surface area contributed by atoms with Gasteiger partial charge in [0.1, 0.15) is 12.2 Å². The van der Waals surface area contributed by atoms with E-state index < -0.39 is 0 Å². The highest BCUT2D eigenvalue weighted by Crippen LogP contribution is 2.18. The van der Waals surface area contributed by atoms with E-state index in [1.807, 2.05) is 7.05 Å². The van der Waals surface area contributed by atoms with Gasteiger partial charge in [-0.25, -0.2) is 4.98 Å². The normalized spacial score (nSPS) is 21.5. The van der Waals surface area contributed by atoms with E-state index in [4.69, 9.17) is 5.73 Å². The lowest BCUT2D eigenvalue weighted by Crippen LogP contribution is -2.64. The van der Waals surface area contributed by atoms with Crippen LogP contribution in [0.4, 0.5) is 0 Å². The van der Waals surface area contributed by atoms with E-state index in [0.29, 0.717) is 0 Å². The smallest absolute Gasteiger partial charge is 0.140 e. The van der Waals surface area contributed by atoms with Crippen molar-refractivity contribution in [2.24, 2.45) is 12.8 Å². The van der Waals surface area contributed by atoms with Crippen molar-refractivity contribution >= 4 is 0 Å². The van der Waals surface area contributed by atoms with Crippen LogP contribution < -0.4 is 5.73 Å². The molecule has 0 saturated carbocycles. The molecule has 1 aromatic heterocycles. The molecule has 0 atom stereocenters. The molecule has 1 aliphatic rings. The van der Waals surface area contributed by atoms with Gasteiger partial charge in [-0.05, 0) is 6.92 Å². The molecule has 0 amide bonds. The van der Waals surface area contributed by atoms with Crippen molar-refractivity contribution in [2.75, 3.05) is 13.1 Å². The number of aromatic nitrogens is 3. The van der Waals surface area contributed by atoms with Gasteiger partial charge in [-0.3, -0.25) is 9.58 Å². The minimum atomic E-state index is -0.00140. The molecule has 0 aromatic carbocycles. The first-order chi connectivity index (χ1) is 6.07. The maximum Gasteiger partial charge on any atom is 0.140 e. The standard InChI is InChI=1S/C8H15N5/c1-8(9)4-13(5-8)3-7-10-6-11-12(7)2/h6H,3-5,9H2,1-2H3. The van der Waals surface area contributed by atoms with E-state index in [0.717, 1.165) is 25.5 Å². The lowest BCUT2D eigenvalue weighted by molar-refractivity contribution is 0.0726. The van der Waals surface area contributed by atoms with Crippen LogP contribution in [-0.4, -0.2) is 38.3 Å². The van der Waals surface area contributed by atoms with Crippen LogP contribution in [-0.2, 0) is 13.6 Å². The summed E-state index contributed by atoms with van der Waals surface area (Å²) in [4.78, 5) is 6.42. The van der Waals surface area contributed by atoms with Gasteiger partial charge in [-0.1, -0.05) is 0 Å². The molecule has 0 aliphatic carbocycles. The maximum atomic E-state index is 5.89. The van der Waals surface area contributed by atoms with Crippen molar-refractivity contribution in [3.8, 4) is 0 Å². The number of rotatable bonds is 2. The predicted octanol–water partition coefficient (Wildman–Crippen LogP) is -0.652. The molecule has 1 fully saturated rings. The molecule has 1 aromatic rings. The third kappa shape index (κ3) is 1.71. The van der Waals surface area contributed by atoms with Crippen molar-refractivity contribution in [1.82, 2.24) is 19.7 Å². The molecule has 0 unspecified atom stereocenters. The van der Waals surface area contributed by atoms with Gasteiger partial charge in [-0.2, -0.15) is 5.10 Å². The zero-order valence-electron chi connectivity index (χ0n) is 8.06. The van der Waals surface area contributed by atoms with E-state index in [2.05, 4.69) is 21.9 Å². The molecular formula is C8H15N5. The predicted molar refractivity (Wildman–Crippen MR) is 48.9 cm³/mol. The molecule has 2 rings (SSSR count). The monoisotopic (exact) mass is 181 g/mol. The lowest BCUT2D eigenvalue weighted by Gasteiger charge is -2.45. The molecule has 0 spiro atoms. The molecule has 2 heterocycles. The Bertz CT molecular complexity index is 295. The third-order valence-electron chi connectivity index (χ3n) is 2.34. The summed E-state index contributed by atoms with van der Waals surface area (Å²) in [7, 11) is 1.91. The topological polar surface area (TPSA) is 60.0 Å². The van der Waals surface area contributed by atoms with Gasteiger partial charge in [0.05, 0.1) is 6.54 Å². The summed E-state index contributed by atoms with van der Waals surface area (Å²) in [6.45, 7) is 4.81. The Morgan fingerprint density at radius 3 is 2.77 bits per heavy atom. The molecule has 5 nitrogen and oxygen atoms in total. The molecular weight excluding hydrogens is 166 g/mol. The first-order valence-electron chi connectivity index (χ1n) is 4.41. The summed E-state index contributed by atoms with van der Waals surface area (Å²) in [6.07, 6.45) is 1.58. The molecule has 5 heteroatoms. The molecule has 0 bridgehead atoms. The van der Waals surface area contributed by atoms with Gasteiger partial charge in [0.2, 0.25) is 0 Å². The van der Waals surface area contributed by atoms with Crippen molar-refractivity contribution < 1.29 is 0 Å². The molecule has 1 saturated heterocycles. The van der Waals surface area contributed by atoms with Crippen LogP contribution in [0.3, 0.4) is 0 Å². The average Bonchev–Trinajstić information content (AvgIpc) is 2.33. The fourth-order valence-electron chi connectivity index (χ4n) is 1.75. The molecule has 72 valence electrons. The largest absolute Gasteiger partial charge is 0.323 e. The number of aryl methyl sites for hydroxylation is 1. The van der Waals surface area contributed by atoms with E-state index in [9.17, 15) is 0 Å². The highest BCUT2D eigenvalue weighted by Gasteiger charge is 2.34. The Morgan fingerprint density at radius 1 is 1.62 bits per heavy atom. The first kappa shape index (κ1) is 8.65. The van der Waals surface area contributed by atoms with Gasteiger partial charge in [-0.15, -0.1) is 0 Å². The highest BCUT2D eigenvalue weighted by atomic mass is 15.3. The minimum absolute atomic E-state index is 0.00140. The summed E-state index contributed by atoms with van der Waals surface area (Å²) in [5, 5.41) is 4.01. The van der Waals surface area contributed by atoms with Gasteiger partial charge in [0.15, 0.2) is 0 Å². The Hall–Kier alpha value is -0.940. The summed E-state index contributed by atoms with van der Waals surface area (Å²) in [5.41, 5.74) is 5.89. The fraction of sp³-hybridized carbons (Fsp3) is 0.750. The summed E-state index contributed by atoms with van der Waals surface area (Å²) in [6, 6.07) is 0. The van der Waals surface area contributed by atoms with Gasteiger partial charge >= 0.3 is 0 Å². The number of nitrogens with two attached hydrogens (primary N) is 1. The van der Waals surface area contributed by atoms with Gasteiger partial charge in [0.25, 0.3) is 0 Å². The fourth-order valence-corrected chi connectivity index (χ4v) is 1.75. The van der Waals surface area contributed by atoms with Crippen LogP contribution >= 0.6 is 0 Å². The van der Waals surface area contributed by atoms with Crippen LogP contribution in [0, 0.1) is 0 Å². The van der Waals surface area contributed by atoms with Gasteiger partial charge < -0.3 is 5.73 Å². The van der Waals surface area contributed by atoms with E-state index in [1.54, 1.807) is 11.0 Å². The summed E-state index contributed by atoms with van der Waals surface area (Å²) in [5.74, 6) is 0.996. The number of likely N-dealkylation sites (tertiary alicyclic amines) is 1. The second-order valence-corrected chi connectivity index (χ2v) is 4.10. The maximum absolute atomic E-state index is 5.89. The molecule has 1 aliphatic heterocycles. The first-order valence-corrected chi connectivity index (χ1v) is 4.41. The van der Waals surface area contributed by atoms with E-state index in [1.165, 1.54) is 0 Å². The Kier molecular flexibility index (Phi) is 1.85. The summed E-state index contributed by atoms with van der Waals surface area (Å²) >= 11 is 0. The number of hydrogen-bond donors (Lipinski definition) is 1. The zero-order chi connectivity index (χ0) is 9.47. The lowest BCUT2D eigenvalue weighted by atomic mass is 9.94. The number of nitrogens with zero attached hydrogens (tertiary/aromatic N) is 4. The van der Waals surface area contributed by atoms with Crippen molar-refractivity contribution in [1.29, 1.82) is 0 Å². The Balaban J connectivity index is 1.91. The van der Waals surface area contributed by atoms with Crippen molar-refractivity contribution in [3.63, 3.8) is 0 Å². The third-order valence-corrected chi connectivity index (χ3v) is 2.34. The average molecular weight is 181 g/mol. The second kappa shape index (κ2) is 2.78. The quantitative estimate of drug-likeness (QED) is 0.658. The highest BCUT2D eigenvalue weighted by molar-refractivity contribution is 4.98. The minimum Gasteiger partial charge on any atom is -0.323 e. The van der Waals surface area contributed by atoms with Crippen LogP contribution in [0.2, 0.25) is 0 Å². The van der Waals surface area contributed by atoms with Crippen LogP contribution in [0.15, 0.2) is 6.33 Å². The summed E-state index contributed by atoms with van der Waals surface area (Å²) < 4.78 is 1.80. The van der Waals surface area contributed by atoms with Crippen molar-refractivity contribution in [2.45, 2.75) is 19.0 Å². The van der Waals surface area contributed by atoms with Crippen LogP contribution in [0.5, 0.6) is 0 Å². The zero-order valence-corrected chi connectivity index (χ0v) is 8.06. The van der Waals surface area contributed by atoms with E-state index in [-0.39, 0.29) is 5.54 Å². The molecule has 0 radical (unpaired) electrons. The molecule has 2 N–H and O–H groups in total. The van der Waals surface area contributed by atoms with E-state index >= 15 is 0 Å². The van der Waals surface area contributed by atoms with Crippen LogP contribution in [0.1, 0.15) is 12.7 Å². The Labute approximate surface area is 77.5 Å². The van der Waals surface area contributed by atoms with Crippen LogP contribution in [0.25, 0.3) is 0 Å².